The first kappa shape index (κ1) is 27.0. The zero-order valence-electron chi connectivity index (χ0n) is 22.4. The Morgan fingerprint density at radius 2 is 1.93 bits per heavy atom. The molecule has 3 aromatic heterocycles. The fourth-order valence-corrected chi connectivity index (χ4v) is 4.68. The van der Waals surface area contributed by atoms with Gasteiger partial charge in [0.05, 0.1) is 35.2 Å². The number of nitrogens with zero attached hydrogens (tertiary/aromatic N) is 6. The van der Waals surface area contributed by atoms with Crippen LogP contribution in [-0.4, -0.2) is 68.2 Å². The Bertz CT molecular complexity index is 1540. The minimum Gasteiger partial charge on any atom is -0.387 e. The Balaban J connectivity index is 1.40. The minimum absolute atomic E-state index is 0.0951. The number of nitriles is 1. The molecule has 1 unspecified atom stereocenters. The third kappa shape index (κ3) is 5.87. The number of aromatic nitrogens is 4. The number of amides is 1. The summed E-state index contributed by atoms with van der Waals surface area (Å²) in [7, 11) is 0. The van der Waals surface area contributed by atoms with E-state index in [1.165, 1.54) is 31.9 Å². The second-order valence-corrected chi connectivity index (χ2v) is 10.5. The molecular formula is C29H31FN8O2. The van der Waals surface area contributed by atoms with Crippen LogP contribution in [0.5, 0.6) is 0 Å². The van der Waals surface area contributed by atoms with Gasteiger partial charge in [-0.15, -0.1) is 0 Å². The Morgan fingerprint density at radius 3 is 2.62 bits per heavy atom. The summed E-state index contributed by atoms with van der Waals surface area (Å²) < 4.78 is 15.9. The quantitative estimate of drug-likeness (QED) is 0.308. The molecule has 1 amide bonds. The number of piperidine rings is 1. The van der Waals surface area contributed by atoms with Crippen LogP contribution in [0.15, 0.2) is 61.1 Å². The summed E-state index contributed by atoms with van der Waals surface area (Å²) in [5, 5.41) is 30.3. The number of fused-ring (bicyclic) bond motifs is 1. The molecule has 0 spiro atoms. The fourth-order valence-electron chi connectivity index (χ4n) is 4.68. The molecule has 10 nitrogen and oxygen atoms in total. The van der Waals surface area contributed by atoms with E-state index in [1.54, 1.807) is 23.0 Å². The maximum Gasteiger partial charge on any atom is 0.255 e. The molecule has 4 heterocycles. The van der Waals surface area contributed by atoms with Gasteiger partial charge in [-0.25, -0.2) is 14.4 Å². The highest BCUT2D eigenvalue weighted by atomic mass is 19.1. The van der Waals surface area contributed by atoms with Gasteiger partial charge < -0.3 is 20.6 Å². The number of anilines is 2. The molecule has 1 aliphatic rings. The summed E-state index contributed by atoms with van der Waals surface area (Å²) in [4.78, 5) is 24.3. The smallest absolute Gasteiger partial charge is 0.255 e. The number of alkyl halides is 1. The standard InChI is InChI=1S/C29H31FN8O2/c1-29(2,40)25(30)18-34-28(39)23-17-32-26(38-27-20(16-35-38)12-19(14-31)15-33-27)13-24(23)36-21-8-10-37(11-9-21)22-6-4-3-5-7-22/h3-7,12-13,15-17,21,25,40H,8-11,18H2,1-2H3,(H,32,36)(H,34,39). The number of carbonyl (C=O) groups is 1. The molecule has 1 saturated heterocycles. The zero-order chi connectivity index (χ0) is 28.3. The number of benzene rings is 1. The molecule has 40 heavy (non-hydrogen) atoms. The van der Waals surface area contributed by atoms with Crippen molar-refractivity contribution in [1.29, 1.82) is 5.26 Å². The van der Waals surface area contributed by atoms with Crippen LogP contribution < -0.4 is 15.5 Å². The molecule has 4 aromatic rings. The summed E-state index contributed by atoms with van der Waals surface area (Å²) in [5.74, 6) is -0.0647. The SMILES string of the molecule is CC(C)(O)C(F)CNC(=O)c1cnc(-n2ncc3cc(C#N)cnc32)cc1NC1CCN(c2ccccc2)CC1. The molecule has 1 aliphatic heterocycles. The van der Waals surface area contributed by atoms with Crippen molar-refractivity contribution in [2.75, 3.05) is 29.9 Å². The van der Waals surface area contributed by atoms with E-state index in [-0.39, 0.29) is 18.2 Å². The van der Waals surface area contributed by atoms with Crippen LogP contribution in [0.4, 0.5) is 15.8 Å². The number of rotatable bonds is 8. The fraction of sp³-hybridized carbons (Fsp3) is 0.345. The number of hydrogen-bond donors (Lipinski definition) is 3. The van der Waals surface area contributed by atoms with Crippen LogP contribution in [0.25, 0.3) is 16.9 Å². The highest BCUT2D eigenvalue weighted by Crippen LogP contribution is 2.26. The molecule has 1 aromatic carbocycles. The summed E-state index contributed by atoms with van der Waals surface area (Å²) >= 11 is 0. The van der Waals surface area contributed by atoms with Gasteiger partial charge in [0, 0.05) is 48.7 Å². The highest BCUT2D eigenvalue weighted by molar-refractivity contribution is 5.99. The van der Waals surface area contributed by atoms with Crippen LogP contribution in [0, 0.1) is 11.3 Å². The van der Waals surface area contributed by atoms with Crippen LogP contribution in [0.1, 0.15) is 42.6 Å². The van der Waals surface area contributed by atoms with Gasteiger partial charge in [0.1, 0.15) is 12.2 Å². The van der Waals surface area contributed by atoms with Crippen LogP contribution >= 0.6 is 0 Å². The highest BCUT2D eigenvalue weighted by Gasteiger charge is 2.28. The molecule has 1 fully saturated rings. The number of aliphatic hydroxyl groups is 1. The van der Waals surface area contributed by atoms with Crippen molar-refractivity contribution < 1.29 is 14.3 Å². The third-order valence-corrected chi connectivity index (χ3v) is 7.07. The van der Waals surface area contributed by atoms with Gasteiger partial charge in [0.15, 0.2) is 11.5 Å². The number of carbonyl (C=O) groups excluding carboxylic acids is 1. The van der Waals surface area contributed by atoms with Gasteiger partial charge >= 0.3 is 0 Å². The van der Waals surface area contributed by atoms with Crippen molar-refractivity contribution in [3.05, 3.63) is 72.2 Å². The van der Waals surface area contributed by atoms with E-state index in [4.69, 9.17) is 0 Å². The lowest BCUT2D eigenvalue weighted by molar-refractivity contribution is -0.00177. The van der Waals surface area contributed by atoms with E-state index in [9.17, 15) is 19.6 Å². The van der Waals surface area contributed by atoms with E-state index in [0.29, 0.717) is 28.1 Å². The monoisotopic (exact) mass is 542 g/mol. The molecule has 0 radical (unpaired) electrons. The first-order chi connectivity index (χ1) is 19.2. The maximum atomic E-state index is 14.3. The largest absolute Gasteiger partial charge is 0.387 e. The second-order valence-electron chi connectivity index (χ2n) is 10.5. The molecule has 5 rings (SSSR count). The van der Waals surface area contributed by atoms with Gasteiger partial charge in [-0.3, -0.25) is 4.79 Å². The van der Waals surface area contributed by atoms with E-state index in [2.05, 4.69) is 48.8 Å². The number of para-hydroxylation sites is 1. The first-order valence-electron chi connectivity index (χ1n) is 13.2. The van der Waals surface area contributed by atoms with Gasteiger partial charge in [0.25, 0.3) is 5.91 Å². The predicted octanol–water partition coefficient (Wildman–Crippen LogP) is 3.61. The van der Waals surface area contributed by atoms with Gasteiger partial charge in [0.2, 0.25) is 0 Å². The molecule has 206 valence electrons. The summed E-state index contributed by atoms with van der Waals surface area (Å²) in [5.41, 5.74) is 1.34. The Labute approximate surface area is 231 Å². The third-order valence-electron chi connectivity index (χ3n) is 7.07. The summed E-state index contributed by atoms with van der Waals surface area (Å²) in [6.07, 6.45) is 4.57. The maximum absolute atomic E-state index is 14.3. The lowest BCUT2D eigenvalue weighted by atomic mass is 10.0. The second kappa shape index (κ2) is 11.3. The molecular weight excluding hydrogens is 511 g/mol. The van der Waals surface area contributed by atoms with Crippen LogP contribution in [0.2, 0.25) is 0 Å². The molecule has 0 bridgehead atoms. The molecule has 0 aliphatic carbocycles. The average molecular weight is 543 g/mol. The average Bonchev–Trinajstić information content (AvgIpc) is 3.39. The van der Waals surface area contributed by atoms with Crippen molar-refractivity contribution in [1.82, 2.24) is 25.1 Å². The number of halogens is 1. The van der Waals surface area contributed by atoms with Gasteiger partial charge in [-0.2, -0.15) is 15.0 Å². The lowest BCUT2D eigenvalue weighted by Gasteiger charge is -2.34. The minimum atomic E-state index is -1.64. The number of hydrogen-bond acceptors (Lipinski definition) is 8. The van der Waals surface area contributed by atoms with Gasteiger partial charge in [-0.1, -0.05) is 18.2 Å². The predicted molar refractivity (Wildman–Crippen MR) is 150 cm³/mol. The number of nitrogens with one attached hydrogen (secondary N) is 2. The van der Waals surface area contributed by atoms with E-state index in [0.717, 1.165) is 25.9 Å². The summed E-state index contributed by atoms with van der Waals surface area (Å²) in [6.45, 7) is 4.08. The first-order valence-corrected chi connectivity index (χ1v) is 13.2. The Kier molecular flexibility index (Phi) is 7.62. The van der Waals surface area contributed by atoms with Crippen LogP contribution in [0.3, 0.4) is 0 Å². The molecule has 1 atom stereocenters. The molecule has 11 heteroatoms. The van der Waals surface area contributed by atoms with Crippen molar-refractivity contribution in [3.63, 3.8) is 0 Å². The van der Waals surface area contributed by atoms with Crippen molar-refractivity contribution in [3.8, 4) is 11.9 Å². The van der Waals surface area contributed by atoms with Crippen molar-refractivity contribution in [2.45, 2.75) is 44.5 Å². The van der Waals surface area contributed by atoms with E-state index >= 15 is 0 Å². The molecule has 3 N–H and O–H groups in total. The zero-order valence-corrected chi connectivity index (χ0v) is 22.4. The summed E-state index contributed by atoms with van der Waals surface area (Å²) in [6, 6.07) is 15.8. The Morgan fingerprint density at radius 1 is 1.18 bits per heavy atom. The molecule has 0 saturated carbocycles. The lowest BCUT2D eigenvalue weighted by Crippen LogP contribution is -2.42. The van der Waals surface area contributed by atoms with Crippen LogP contribution in [-0.2, 0) is 0 Å². The van der Waals surface area contributed by atoms with E-state index < -0.39 is 17.7 Å². The topological polar surface area (TPSA) is 132 Å². The number of pyridine rings is 2. The van der Waals surface area contributed by atoms with Crippen molar-refractivity contribution >= 4 is 28.3 Å². The van der Waals surface area contributed by atoms with Gasteiger partial charge in [-0.05, 0) is 44.9 Å². The van der Waals surface area contributed by atoms with Crippen molar-refractivity contribution in [2.24, 2.45) is 0 Å². The normalized spacial score (nSPS) is 15.0. The van der Waals surface area contributed by atoms with E-state index in [1.807, 2.05) is 18.2 Å². The Hall–Kier alpha value is -4.56.